The Morgan fingerprint density at radius 1 is 0.489 bits per heavy atom. The van der Waals surface area contributed by atoms with E-state index in [2.05, 4.69) is 149 Å². The number of likely N-dealkylation sites (N-methyl/N-ethyl adjacent to an activating group) is 1. The van der Waals surface area contributed by atoms with Gasteiger partial charge in [-0.25, -0.2) is 34.3 Å². The summed E-state index contributed by atoms with van der Waals surface area (Å²) in [5.74, 6) is 6.78. The molecule has 9 aromatic carbocycles. The fourth-order valence-electron chi connectivity index (χ4n) is 14.9. The molecule has 0 spiro atoms. The second kappa shape index (κ2) is 43.0. The lowest BCUT2D eigenvalue weighted by Crippen LogP contribution is -2.19. The Hall–Kier alpha value is -17.9. The van der Waals surface area contributed by atoms with Gasteiger partial charge in [0.2, 0.25) is 0 Å². The summed E-state index contributed by atoms with van der Waals surface area (Å²) in [7, 11) is 8.06. The number of anilines is 5. The van der Waals surface area contributed by atoms with Crippen LogP contribution in [0.1, 0.15) is 64.9 Å². The molecule has 34 nitrogen and oxygen atoms in total. The van der Waals surface area contributed by atoms with Crippen LogP contribution in [0.4, 0.5) is 33.5 Å². The van der Waals surface area contributed by atoms with E-state index >= 15 is 0 Å². The number of aryl methyl sites for hydroxylation is 3. The lowest BCUT2D eigenvalue weighted by atomic mass is 10.1. The van der Waals surface area contributed by atoms with Gasteiger partial charge in [0, 0.05) is 88.0 Å². The number of H-pyrrole nitrogens is 1. The van der Waals surface area contributed by atoms with Gasteiger partial charge in [0.15, 0.2) is 40.7 Å². The number of thiazole rings is 1. The minimum Gasteiger partial charge on any atom is -0.492 e. The summed E-state index contributed by atoms with van der Waals surface area (Å²) < 4.78 is 37.8. The predicted octanol–water partition coefficient (Wildman–Crippen LogP) is 20.7. The van der Waals surface area contributed by atoms with E-state index in [1.807, 2.05) is 277 Å². The van der Waals surface area contributed by atoms with Crippen molar-refractivity contribution in [1.29, 1.82) is 5.26 Å². The number of nitrogens with one attached hydrogen (secondary N) is 6. The molecule has 23 rings (SSSR count). The number of rotatable bonds is 28. The van der Waals surface area contributed by atoms with Crippen LogP contribution < -0.4 is 46.1 Å². The number of fused-ring (bicyclic) bond motifs is 6. The Balaban J connectivity index is 0.000000113. The summed E-state index contributed by atoms with van der Waals surface area (Å²) in [5.41, 5.74) is 33.4. The van der Waals surface area contributed by atoms with Crippen molar-refractivity contribution in [1.82, 2.24) is 119 Å². The van der Waals surface area contributed by atoms with E-state index in [0.29, 0.717) is 69.9 Å². The lowest BCUT2D eigenvalue weighted by Gasteiger charge is -2.14. The number of nitriles is 1. The van der Waals surface area contributed by atoms with Crippen LogP contribution in [0.2, 0.25) is 0 Å². The number of aromatic nitrogens is 22. The molecule has 0 radical (unpaired) electrons. The number of para-hydroxylation sites is 3. The van der Waals surface area contributed by atoms with Gasteiger partial charge < -0.3 is 33.7 Å². The van der Waals surface area contributed by atoms with E-state index in [-0.39, 0.29) is 30.5 Å². The molecule has 141 heavy (non-hydrogen) atoms. The highest BCUT2D eigenvalue weighted by Gasteiger charge is 2.26. The Morgan fingerprint density at radius 3 is 1.86 bits per heavy atom. The Labute approximate surface area is 815 Å². The van der Waals surface area contributed by atoms with E-state index < -0.39 is 0 Å². The standard InChI is InChI=1S/C26H23N7O2.C25H18N6OS.C19H14N6.C18H18FN5O.C16H20N6S/c1-32(2)13-14-34-21-11-12-22-23(15-21)29-26(35-20-9-7-18(16-27)8-10-20)30-25(22)31-33-24-6-4-3-5-19(24)17-28-33;1-16-5-4-7-17(11-16)21-13-24(30-31-22-8-3-2-6-18(22)14-27-31)29-25(28-21)32-19-9-10-20-23(12-19)33-15-26-20;1-2-6-13(7-3-1)18-22-15-10-11-20-17(15)19(23-18)24-25-16-9-5-4-8-14(16)12-21-25;1-12-7-17(23-24-10-15(9-20-24)14-5-6-14)22-18(21-12)25-11-13-3-2-4-16(19)8-13;1-4-12-9-17-22(10-12)20-15-8-13(11-21(2)3)18-16(19-15)14-6-5-7-23-14/h3-12,15,17H,13-14H2,1-2H3,(H,29,30,31);2-15H,1H3,(H,28,29,30);1-12,20H,(H,22,23,24);2-4,7-10,14H,5-6,11H2,1H3,(H,21,22,23);5-10H,4,11H2,1-3H3,(H,18,19,20). The van der Waals surface area contributed by atoms with E-state index in [0.717, 1.165) is 135 Å². The summed E-state index contributed by atoms with van der Waals surface area (Å²) >= 11 is 3.20. The average molecular weight is 1910 g/mol. The zero-order valence-electron chi connectivity index (χ0n) is 77.5. The van der Waals surface area contributed by atoms with Crippen molar-refractivity contribution in [2.75, 3.05) is 68.5 Å². The van der Waals surface area contributed by atoms with Gasteiger partial charge >= 0.3 is 18.0 Å². The highest BCUT2D eigenvalue weighted by Crippen LogP contribution is 2.40. The largest absolute Gasteiger partial charge is 0.492 e. The number of thiophene rings is 1. The van der Waals surface area contributed by atoms with Crippen molar-refractivity contribution >= 4 is 117 Å². The minimum absolute atomic E-state index is 0.159. The number of nitrogens with zero attached hydrogens (tertiary/aromatic N) is 24. The van der Waals surface area contributed by atoms with Crippen molar-refractivity contribution in [3.63, 3.8) is 0 Å². The van der Waals surface area contributed by atoms with Gasteiger partial charge in [-0.05, 0) is 186 Å². The fourth-order valence-corrected chi connectivity index (χ4v) is 16.2. The summed E-state index contributed by atoms with van der Waals surface area (Å²) in [4.78, 5) is 66.9. The van der Waals surface area contributed by atoms with E-state index in [4.69, 9.17) is 29.2 Å². The predicted molar refractivity (Wildman–Crippen MR) is 546 cm³/mol. The van der Waals surface area contributed by atoms with Crippen LogP contribution in [0, 0.1) is 31.0 Å². The topological polar surface area (TPSA) is 374 Å². The maximum absolute atomic E-state index is 13.2. The molecule has 37 heteroatoms. The average Bonchev–Trinajstić information content (AvgIpc) is 1.65. The molecule has 0 amide bonds. The van der Waals surface area contributed by atoms with Gasteiger partial charge in [-0.3, -0.25) is 27.1 Å². The molecule has 22 aromatic rings. The van der Waals surface area contributed by atoms with Crippen molar-refractivity contribution in [2.45, 2.75) is 59.1 Å². The first-order valence-corrected chi connectivity index (χ1v) is 46.9. The highest BCUT2D eigenvalue weighted by atomic mass is 32.1. The smallest absolute Gasteiger partial charge is 0.324 e. The molecule has 1 fully saturated rings. The minimum atomic E-state index is -0.293. The number of benzene rings is 9. The van der Waals surface area contributed by atoms with Gasteiger partial charge in [0.05, 0.1) is 115 Å². The lowest BCUT2D eigenvalue weighted by molar-refractivity contribution is 0.261. The molecule has 0 bridgehead atoms. The molecule has 13 aromatic heterocycles. The molecule has 1 aliphatic rings. The highest BCUT2D eigenvalue weighted by molar-refractivity contribution is 7.16. The number of ether oxygens (including phenoxy) is 4. The number of aromatic amines is 1. The molecule has 0 atom stereocenters. The third-order valence-corrected chi connectivity index (χ3v) is 23.6. The molecule has 702 valence electrons. The zero-order chi connectivity index (χ0) is 96.5. The van der Waals surface area contributed by atoms with Gasteiger partial charge in [-0.1, -0.05) is 134 Å². The number of hydrogen-bond acceptors (Lipinski definition) is 30. The molecule has 1 saturated carbocycles. The second-order valence-electron chi connectivity index (χ2n) is 33.2. The van der Waals surface area contributed by atoms with Gasteiger partial charge in [0.1, 0.15) is 41.8 Å². The SMILES string of the molecule is CCc1cnn(Nc2cc(CN(C)C)nc(-c3cccs3)n2)c1.CN(C)CCOc1ccc2c(Nn3ncc4ccccc43)nc(Oc3ccc(C#N)cc3)nc2c1.Cc1cc(Nn2cc(C3CC3)cn2)nc(OCc2cccc(F)c2)n1.Cc1cccc(-c2cc(Nn3ncc4ccccc43)nc(Oc3ccc4ncsc4c3)n2)c1.c1ccc(-c2nc(Nn3ncc4ccccc43)c3[nH]ccc3n2)cc1. The normalized spacial score (nSPS) is 11.6. The van der Waals surface area contributed by atoms with Crippen molar-refractivity contribution in [3.8, 4) is 74.7 Å². The van der Waals surface area contributed by atoms with Crippen molar-refractivity contribution < 1.29 is 23.3 Å². The van der Waals surface area contributed by atoms with Crippen molar-refractivity contribution in [3.05, 3.63) is 354 Å². The van der Waals surface area contributed by atoms with Gasteiger partial charge in [-0.15, -0.1) is 22.7 Å². The van der Waals surface area contributed by atoms with E-state index in [1.54, 1.807) is 89.2 Å². The number of halogens is 1. The second-order valence-corrected chi connectivity index (χ2v) is 35.1. The summed E-state index contributed by atoms with van der Waals surface area (Å²) in [6.45, 7) is 8.35. The molecule has 0 unspecified atom stereocenters. The summed E-state index contributed by atoms with van der Waals surface area (Å²) in [5, 5.41) is 36.9. The van der Waals surface area contributed by atoms with Crippen LogP contribution in [-0.2, 0) is 19.6 Å². The Morgan fingerprint density at radius 2 is 1.16 bits per heavy atom. The Bertz CT molecular complexity index is 8110. The molecule has 6 N–H and O–H groups in total. The first-order valence-electron chi connectivity index (χ1n) is 45.1. The van der Waals surface area contributed by atoms with Crippen LogP contribution in [0.3, 0.4) is 0 Å². The first kappa shape index (κ1) is 92.2. The molecule has 0 aliphatic heterocycles. The van der Waals surface area contributed by atoms with Crippen LogP contribution in [0.25, 0.3) is 98.2 Å². The molecule has 1 aliphatic carbocycles. The quantitative estimate of drug-likeness (QED) is 0.0265. The maximum Gasteiger partial charge on any atom is 0.324 e. The van der Waals surface area contributed by atoms with Crippen LogP contribution >= 0.6 is 22.7 Å². The fraction of sp³-hybridized carbons (Fsp3) is 0.144. The summed E-state index contributed by atoms with van der Waals surface area (Å²) in [6, 6.07) is 80.9. The van der Waals surface area contributed by atoms with Gasteiger partial charge in [0.25, 0.3) is 0 Å². The van der Waals surface area contributed by atoms with E-state index in [9.17, 15) is 4.39 Å². The molecule has 0 saturated heterocycles. The monoisotopic (exact) mass is 1910 g/mol. The van der Waals surface area contributed by atoms with Crippen LogP contribution in [0.15, 0.2) is 309 Å². The van der Waals surface area contributed by atoms with Crippen LogP contribution in [0.5, 0.6) is 35.3 Å². The van der Waals surface area contributed by atoms with Crippen molar-refractivity contribution in [2.24, 2.45) is 0 Å². The van der Waals surface area contributed by atoms with Crippen LogP contribution in [-0.4, -0.2) is 160 Å². The first-order chi connectivity index (χ1) is 69.0. The Kier molecular flexibility index (Phi) is 28.1. The summed E-state index contributed by atoms with van der Waals surface area (Å²) in [6.07, 6.45) is 18.4. The van der Waals surface area contributed by atoms with Gasteiger partial charge in [-0.2, -0.15) is 79.6 Å². The third-order valence-electron chi connectivity index (χ3n) is 21.9. The molecular formula is C104H93FN30O4S2. The maximum atomic E-state index is 13.2. The number of hydrogen-bond donors (Lipinski definition) is 6. The molecule has 13 heterocycles. The third kappa shape index (κ3) is 23.6. The van der Waals surface area contributed by atoms with E-state index in [1.165, 1.54) is 36.1 Å². The zero-order valence-corrected chi connectivity index (χ0v) is 79.2. The molecular weight excluding hydrogens is 1820 g/mol.